The molecule has 2 N–H and O–H groups in total. The first-order chi connectivity index (χ1) is 15.7. The zero-order valence-corrected chi connectivity index (χ0v) is 17.2. The number of hydrogen-bond acceptors (Lipinski definition) is 4. The van der Waals surface area contributed by atoms with E-state index in [9.17, 15) is 4.79 Å². The Hall–Kier alpha value is -4.32. The van der Waals surface area contributed by atoms with E-state index >= 15 is 0 Å². The summed E-state index contributed by atoms with van der Waals surface area (Å²) in [4.78, 5) is 20.2. The van der Waals surface area contributed by atoms with Crippen molar-refractivity contribution in [3.05, 3.63) is 108 Å². The van der Waals surface area contributed by atoms with Crippen molar-refractivity contribution in [2.24, 2.45) is 0 Å². The number of ether oxygens (including phenoxy) is 1. The third-order valence-electron chi connectivity index (χ3n) is 5.13. The summed E-state index contributed by atoms with van der Waals surface area (Å²) in [6.45, 7) is 0.647. The number of rotatable bonds is 7. The monoisotopic (exact) mass is 423 g/mol. The average molecular weight is 423 g/mol. The standard InChI is InChI=1S/C26H21N3O3/c30-26(27-16-22-7-4-14-31-22)20-10-13-23-24(15-20)29-25(28-23)17-32-21-11-8-19(9-12-21)18-5-2-1-3-6-18/h1-15H,16-17H2,(H,27,30)(H,28,29). The zero-order chi connectivity index (χ0) is 21.8. The molecule has 2 aromatic heterocycles. The largest absolute Gasteiger partial charge is 0.486 e. The summed E-state index contributed by atoms with van der Waals surface area (Å²) >= 11 is 0. The number of aromatic amines is 1. The Bertz CT molecular complexity index is 1320. The number of nitrogens with zero attached hydrogens (tertiary/aromatic N) is 1. The molecule has 5 aromatic rings. The van der Waals surface area contributed by atoms with Crippen LogP contribution in [0.3, 0.4) is 0 Å². The summed E-state index contributed by atoms with van der Waals surface area (Å²) in [6, 6.07) is 27.2. The molecule has 0 saturated heterocycles. The highest BCUT2D eigenvalue weighted by molar-refractivity contribution is 5.97. The minimum absolute atomic E-state index is 0.172. The summed E-state index contributed by atoms with van der Waals surface area (Å²) < 4.78 is 11.1. The molecule has 0 aliphatic rings. The van der Waals surface area contributed by atoms with Gasteiger partial charge in [-0.05, 0) is 53.6 Å². The molecule has 0 radical (unpaired) electrons. The molecular weight excluding hydrogens is 402 g/mol. The molecule has 0 fully saturated rings. The van der Waals surface area contributed by atoms with Crippen LogP contribution >= 0.6 is 0 Å². The van der Waals surface area contributed by atoms with Gasteiger partial charge >= 0.3 is 0 Å². The Morgan fingerprint density at radius 1 is 0.938 bits per heavy atom. The summed E-state index contributed by atoms with van der Waals surface area (Å²) in [5, 5.41) is 2.84. The second-order valence-corrected chi connectivity index (χ2v) is 7.36. The maximum Gasteiger partial charge on any atom is 0.251 e. The van der Waals surface area contributed by atoms with Crippen LogP contribution in [-0.2, 0) is 13.2 Å². The fourth-order valence-corrected chi connectivity index (χ4v) is 3.48. The Morgan fingerprint density at radius 2 is 1.75 bits per heavy atom. The van der Waals surface area contributed by atoms with Gasteiger partial charge in [-0.15, -0.1) is 0 Å². The highest BCUT2D eigenvalue weighted by Gasteiger charge is 2.10. The summed E-state index contributed by atoms with van der Waals surface area (Å²) in [5.74, 6) is 2.00. The number of hydrogen-bond donors (Lipinski definition) is 2. The number of amides is 1. The molecule has 0 atom stereocenters. The maximum absolute atomic E-state index is 12.4. The number of imidazole rings is 1. The van der Waals surface area contributed by atoms with E-state index in [4.69, 9.17) is 9.15 Å². The maximum atomic E-state index is 12.4. The Morgan fingerprint density at radius 3 is 2.53 bits per heavy atom. The molecule has 3 aromatic carbocycles. The van der Waals surface area contributed by atoms with Crippen LogP contribution in [0.15, 0.2) is 95.6 Å². The molecule has 0 spiro atoms. The first-order valence-electron chi connectivity index (χ1n) is 10.3. The van der Waals surface area contributed by atoms with Gasteiger partial charge in [-0.2, -0.15) is 0 Å². The van der Waals surface area contributed by atoms with Crippen LogP contribution < -0.4 is 10.1 Å². The fraction of sp³-hybridized carbons (Fsp3) is 0.0769. The highest BCUT2D eigenvalue weighted by Crippen LogP contribution is 2.23. The van der Waals surface area contributed by atoms with E-state index in [0.717, 1.165) is 22.3 Å². The van der Waals surface area contributed by atoms with Gasteiger partial charge < -0.3 is 19.5 Å². The van der Waals surface area contributed by atoms with Crippen molar-refractivity contribution < 1.29 is 13.9 Å². The lowest BCUT2D eigenvalue weighted by molar-refractivity contribution is 0.0948. The van der Waals surface area contributed by atoms with E-state index in [1.807, 2.05) is 54.6 Å². The molecule has 6 nitrogen and oxygen atoms in total. The molecule has 6 heteroatoms. The molecule has 0 unspecified atom stereocenters. The molecular formula is C26H21N3O3. The third-order valence-corrected chi connectivity index (χ3v) is 5.13. The van der Waals surface area contributed by atoms with E-state index < -0.39 is 0 Å². The molecule has 2 heterocycles. The van der Waals surface area contributed by atoms with E-state index in [0.29, 0.717) is 30.3 Å². The molecule has 0 aliphatic heterocycles. The highest BCUT2D eigenvalue weighted by atomic mass is 16.5. The van der Waals surface area contributed by atoms with E-state index in [1.165, 1.54) is 5.56 Å². The van der Waals surface area contributed by atoms with Crippen molar-refractivity contribution in [3.63, 3.8) is 0 Å². The van der Waals surface area contributed by atoms with Gasteiger partial charge in [0.15, 0.2) is 0 Å². The second kappa shape index (κ2) is 8.81. The second-order valence-electron chi connectivity index (χ2n) is 7.36. The van der Waals surface area contributed by atoms with Gasteiger partial charge in [0.05, 0.1) is 23.8 Å². The Kier molecular flexibility index (Phi) is 5.41. The van der Waals surface area contributed by atoms with Gasteiger partial charge in [0.1, 0.15) is 23.9 Å². The Balaban J connectivity index is 1.22. The number of nitrogens with one attached hydrogen (secondary N) is 2. The number of carbonyl (C=O) groups is 1. The summed E-state index contributed by atoms with van der Waals surface area (Å²) in [6.07, 6.45) is 1.58. The molecule has 158 valence electrons. The summed E-state index contributed by atoms with van der Waals surface area (Å²) in [7, 11) is 0. The van der Waals surface area contributed by atoms with Gasteiger partial charge in [0.25, 0.3) is 5.91 Å². The SMILES string of the molecule is O=C(NCc1ccco1)c1ccc2nc(COc3ccc(-c4ccccc4)cc3)[nH]c2c1. The molecule has 32 heavy (non-hydrogen) atoms. The smallest absolute Gasteiger partial charge is 0.251 e. The lowest BCUT2D eigenvalue weighted by atomic mass is 10.1. The molecule has 0 bridgehead atoms. The predicted octanol–water partition coefficient (Wildman–Crippen LogP) is 5.33. The summed E-state index contributed by atoms with van der Waals surface area (Å²) in [5.41, 5.74) is 4.43. The molecule has 0 saturated carbocycles. The van der Waals surface area contributed by atoms with Gasteiger partial charge in [0.2, 0.25) is 0 Å². The van der Waals surface area contributed by atoms with Crippen molar-refractivity contribution in [3.8, 4) is 16.9 Å². The quantitative estimate of drug-likeness (QED) is 0.371. The fourth-order valence-electron chi connectivity index (χ4n) is 3.48. The van der Waals surface area contributed by atoms with Crippen molar-refractivity contribution in [1.82, 2.24) is 15.3 Å². The van der Waals surface area contributed by atoms with Gasteiger partial charge in [-0.3, -0.25) is 4.79 Å². The minimum atomic E-state index is -0.172. The van der Waals surface area contributed by atoms with E-state index in [-0.39, 0.29) is 5.91 Å². The number of furan rings is 1. The average Bonchev–Trinajstić information content (AvgIpc) is 3.51. The molecule has 0 aliphatic carbocycles. The number of fused-ring (bicyclic) bond motifs is 1. The minimum Gasteiger partial charge on any atom is -0.486 e. The van der Waals surface area contributed by atoms with Crippen LogP contribution in [0.25, 0.3) is 22.2 Å². The lowest BCUT2D eigenvalue weighted by Crippen LogP contribution is -2.22. The lowest BCUT2D eigenvalue weighted by Gasteiger charge is -2.06. The number of H-pyrrole nitrogens is 1. The number of carbonyl (C=O) groups excluding carboxylic acids is 1. The van der Waals surface area contributed by atoms with Crippen molar-refractivity contribution >= 4 is 16.9 Å². The molecule has 5 rings (SSSR count). The van der Waals surface area contributed by atoms with Crippen LogP contribution in [0, 0.1) is 0 Å². The van der Waals surface area contributed by atoms with E-state index in [1.54, 1.807) is 24.5 Å². The van der Waals surface area contributed by atoms with Gasteiger partial charge in [-0.25, -0.2) is 4.98 Å². The van der Waals surface area contributed by atoms with Crippen molar-refractivity contribution in [1.29, 1.82) is 0 Å². The van der Waals surface area contributed by atoms with Crippen LogP contribution in [0.5, 0.6) is 5.75 Å². The van der Waals surface area contributed by atoms with Crippen LogP contribution in [0.4, 0.5) is 0 Å². The van der Waals surface area contributed by atoms with Crippen molar-refractivity contribution in [2.45, 2.75) is 13.2 Å². The first-order valence-corrected chi connectivity index (χ1v) is 10.3. The molecule has 1 amide bonds. The van der Waals surface area contributed by atoms with Gasteiger partial charge in [0, 0.05) is 5.56 Å². The van der Waals surface area contributed by atoms with Crippen LogP contribution in [0.2, 0.25) is 0 Å². The van der Waals surface area contributed by atoms with E-state index in [2.05, 4.69) is 27.4 Å². The van der Waals surface area contributed by atoms with Crippen molar-refractivity contribution in [2.75, 3.05) is 0 Å². The third kappa shape index (κ3) is 4.39. The Labute approximate surface area is 184 Å². The topological polar surface area (TPSA) is 80.2 Å². The number of benzene rings is 3. The zero-order valence-electron chi connectivity index (χ0n) is 17.2. The van der Waals surface area contributed by atoms with Crippen LogP contribution in [0.1, 0.15) is 21.9 Å². The predicted molar refractivity (Wildman–Crippen MR) is 122 cm³/mol. The first kappa shape index (κ1) is 19.6. The normalized spacial score (nSPS) is 10.9. The van der Waals surface area contributed by atoms with Gasteiger partial charge in [-0.1, -0.05) is 42.5 Å². The number of aromatic nitrogens is 2. The van der Waals surface area contributed by atoms with Crippen LogP contribution in [-0.4, -0.2) is 15.9 Å².